The van der Waals surface area contributed by atoms with Crippen LogP contribution >= 0.6 is 0 Å². The molecular formula is C18H33O2. The van der Waals surface area contributed by atoms with Crippen molar-refractivity contribution in [1.82, 2.24) is 0 Å². The molecule has 0 aliphatic heterocycles. The van der Waals surface area contributed by atoms with Gasteiger partial charge in [-0.05, 0) is 50.9 Å². The van der Waals surface area contributed by atoms with Gasteiger partial charge in [-0.2, -0.15) is 0 Å². The molecule has 0 spiro atoms. The van der Waals surface area contributed by atoms with Crippen molar-refractivity contribution in [2.45, 2.75) is 65.9 Å². The zero-order chi connectivity index (χ0) is 15.0. The predicted octanol–water partition coefficient (Wildman–Crippen LogP) is 4.79. The number of ether oxygens (including phenoxy) is 2. The molecule has 1 rings (SSSR count). The Kier molecular flexibility index (Phi) is 8.47. The second-order valence-corrected chi connectivity index (χ2v) is 6.70. The zero-order valence-electron chi connectivity index (χ0n) is 13.9. The predicted molar refractivity (Wildman–Crippen MR) is 85.7 cm³/mol. The Balaban J connectivity index is 2.13. The lowest BCUT2D eigenvalue weighted by molar-refractivity contribution is -0.0386. The number of rotatable bonds is 9. The van der Waals surface area contributed by atoms with Gasteiger partial charge in [-0.1, -0.05) is 32.9 Å². The maximum Gasteiger partial charge on any atom is 0.0704 e. The van der Waals surface area contributed by atoms with Crippen molar-refractivity contribution in [1.29, 1.82) is 0 Å². The van der Waals surface area contributed by atoms with Crippen LogP contribution in [0.4, 0.5) is 0 Å². The Morgan fingerprint density at radius 2 is 1.85 bits per heavy atom. The van der Waals surface area contributed by atoms with Crippen LogP contribution in [0.1, 0.15) is 59.8 Å². The first kappa shape index (κ1) is 17.7. The summed E-state index contributed by atoms with van der Waals surface area (Å²) in [5, 5.41) is 0. The minimum atomic E-state index is 0.353. The van der Waals surface area contributed by atoms with Crippen LogP contribution in [0.3, 0.4) is 0 Å². The van der Waals surface area contributed by atoms with Crippen molar-refractivity contribution in [2.24, 2.45) is 11.8 Å². The van der Waals surface area contributed by atoms with Crippen LogP contribution in [-0.4, -0.2) is 25.9 Å². The third-order valence-corrected chi connectivity index (χ3v) is 4.21. The largest absolute Gasteiger partial charge is 0.379 e. The molecule has 3 atom stereocenters. The monoisotopic (exact) mass is 281 g/mol. The molecule has 1 radical (unpaired) electrons. The molecule has 2 nitrogen and oxygen atoms in total. The molecule has 0 heterocycles. The molecule has 1 aliphatic carbocycles. The highest BCUT2D eigenvalue weighted by Gasteiger charge is 2.29. The van der Waals surface area contributed by atoms with E-state index in [-0.39, 0.29) is 0 Å². The summed E-state index contributed by atoms with van der Waals surface area (Å²) in [5.41, 5.74) is 1.27. The van der Waals surface area contributed by atoms with Gasteiger partial charge in [0.25, 0.3) is 0 Å². The molecule has 0 N–H and O–H groups in total. The van der Waals surface area contributed by atoms with Crippen molar-refractivity contribution < 1.29 is 9.47 Å². The van der Waals surface area contributed by atoms with E-state index in [1.165, 1.54) is 37.2 Å². The highest BCUT2D eigenvalue weighted by Crippen LogP contribution is 2.34. The van der Waals surface area contributed by atoms with Crippen LogP contribution in [0.5, 0.6) is 0 Å². The Labute approximate surface area is 125 Å². The Morgan fingerprint density at radius 3 is 2.50 bits per heavy atom. The van der Waals surface area contributed by atoms with Gasteiger partial charge in [0.15, 0.2) is 0 Å². The first-order valence-electron chi connectivity index (χ1n) is 8.14. The van der Waals surface area contributed by atoms with Crippen molar-refractivity contribution in [3.63, 3.8) is 0 Å². The molecule has 0 bridgehead atoms. The smallest absolute Gasteiger partial charge is 0.0704 e. The van der Waals surface area contributed by atoms with Gasteiger partial charge in [0.2, 0.25) is 0 Å². The molecule has 2 heteroatoms. The summed E-state index contributed by atoms with van der Waals surface area (Å²) in [4.78, 5) is 0. The molecule has 3 unspecified atom stereocenters. The topological polar surface area (TPSA) is 18.5 Å². The molecule has 1 fully saturated rings. The van der Waals surface area contributed by atoms with E-state index < -0.39 is 0 Å². The fourth-order valence-electron chi connectivity index (χ4n) is 2.96. The van der Waals surface area contributed by atoms with E-state index in [0.29, 0.717) is 12.0 Å². The van der Waals surface area contributed by atoms with Crippen LogP contribution in [0.2, 0.25) is 0 Å². The average molecular weight is 281 g/mol. The second-order valence-electron chi connectivity index (χ2n) is 6.70. The van der Waals surface area contributed by atoms with Gasteiger partial charge in [0, 0.05) is 12.5 Å². The van der Waals surface area contributed by atoms with E-state index in [4.69, 9.17) is 9.47 Å². The van der Waals surface area contributed by atoms with E-state index >= 15 is 0 Å². The third kappa shape index (κ3) is 6.90. The first-order chi connectivity index (χ1) is 9.50. The van der Waals surface area contributed by atoms with Crippen LogP contribution in [-0.2, 0) is 9.47 Å². The lowest BCUT2D eigenvalue weighted by Crippen LogP contribution is -2.32. The van der Waals surface area contributed by atoms with Crippen molar-refractivity contribution in [2.75, 3.05) is 19.8 Å². The first-order valence-corrected chi connectivity index (χ1v) is 8.14. The fourth-order valence-corrected chi connectivity index (χ4v) is 2.96. The van der Waals surface area contributed by atoms with E-state index in [1.54, 1.807) is 0 Å². The van der Waals surface area contributed by atoms with Crippen molar-refractivity contribution >= 4 is 0 Å². The zero-order valence-corrected chi connectivity index (χ0v) is 13.9. The van der Waals surface area contributed by atoms with Gasteiger partial charge in [-0.15, -0.1) is 0 Å². The maximum absolute atomic E-state index is 6.06. The minimum Gasteiger partial charge on any atom is -0.379 e. The van der Waals surface area contributed by atoms with E-state index in [1.807, 2.05) is 0 Å². The summed E-state index contributed by atoms with van der Waals surface area (Å²) in [7, 11) is 0. The van der Waals surface area contributed by atoms with Gasteiger partial charge in [0.05, 0.1) is 19.3 Å². The normalized spacial score (nSPS) is 26.9. The Bertz CT molecular complexity index is 273. The third-order valence-electron chi connectivity index (χ3n) is 4.21. The Hall–Kier alpha value is -0.340. The van der Waals surface area contributed by atoms with Crippen LogP contribution < -0.4 is 0 Å². The lowest BCUT2D eigenvalue weighted by Gasteiger charge is -2.35. The molecule has 0 aromatic carbocycles. The highest BCUT2D eigenvalue weighted by atomic mass is 16.5. The minimum absolute atomic E-state index is 0.353. The number of hydrogen-bond donors (Lipinski definition) is 0. The van der Waals surface area contributed by atoms with Crippen LogP contribution in [0, 0.1) is 17.8 Å². The maximum atomic E-state index is 6.06. The van der Waals surface area contributed by atoms with Gasteiger partial charge in [-0.25, -0.2) is 0 Å². The molecule has 20 heavy (non-hydrogen) atoms. The van der Waals surface area contributed by atoms with Gasteiger partial charge in [-0.3, -0.25) is 0 Å². The number of hydrogen-bond acceptors (Lipinski definition) is 2. The standard InChI is InChI=1S/C18H33O2/c1-14(2)7-6-10-19-11-12-20-18-13-16(5)8-9-17(18)15(3)4/h16-18H,3,6-13H2,1-2,4-5H3. The highest BCUT2D eigenvalue weighted by molar-refractivity contribution is 5.02. The van der Waals surface area contributed by atoms with Crippen molar-refractivity contribution in [3.05, 3.63) is 18.1 Å². The van der Waals surface area contributed by atoms with Crippen LogP contribution in [0.15, 0.2) is 12.2 Å². The van der Waals surface area contributed by atoms with Gasteiger partial charge in [0.1, 0.15) is 0 Å². The summed E-state index contributed by atoms with van der Waals surface area (Å²) in [6.45, 7) is 15.2. The van der Waals surface area contributed by atoms with E-state index in [2.05, 4.69) is 34.3 Å². The molecule has 1 saturated carbocycles. The second kappa shape index (κ2) is 9.57. The summed E-state index contributed by atoms with van der Waals surface area (Å²) in [6, 6.07) is 0. The molecule has 0 aromatic rings. The van der Waals surface area contributed by atoms with Crippen molar-refractivity contribution in [3.8, 4) is 0 Å². The molecular weight excluding hydrogens is 248 g/mol. The quantitative estimate of drug-likeness (QED) is 0.446. The molecule has 0 aromatic heterocycles. The SMILES string of the molecule is C=C(C)C1CCC(C)CC1OCCOCCC[C](C)C. The Morgan fingerprint density at radius 1 is 1.10 bits per heavy atom. The van der Waals surface area contributed by atoms with E-state index in [9.17, 15) is 0 Å². The molecule has 0 amide bonds. The summed E-state index contributed by atoms with van der Waals surface area (Å²) < 4.78 is 11.7. The molecule has 117 valence electrons. The van der Waals surface area contributed by atoms with Crippen LogP contribution in [0.25, 0.3) is 0 Å². The lowest BCUT2D eigenvalue weighted by atomic mass is 9.78. The summed E-state index contributed by atoms with van der Waals surface area (Å²) >= 11 is 0. The summed E-state index contributed by atoms with van der Waals surface area (Å²) in [6.07, 6.45) is 6.34. The summed E-state index contributed by atoms with van der Waals surface area (Å²) in [5.74, 6) is 2.80. The fraction of sp³-hybridized carbons (Fsp3) is 0.833. The van der Waals surface area contributed by atoms with Gasteiger partial charge < -0.3 is 9.47 Å². The average Bonchev–Trinajstić information content (AvgIpc) is 2.37. The van der Waals surface area contributed by atoms with E-state index in [0.717, 1.165) is 32.2 Å². The van der Waals surface area contributed by atoms with Gasteiger partial charge >= 0.3 is 0 Å². The molecule has 0 saturated heterocycles. The molecule has 1 aliphatic rings.